The quantitative estimate of drug-likeness (QED) is 0.811. The maximum Gasteiger partial charge on any atom is 0.307 e. The van der Waals surface area contributed by atoms with Gasteiger partial charge >= 0.3 is 5.97 Å². The van der Waals surface area contributed by atoms with Gasteiger partial charge in [-0.1, -0.05) is 22.0 Å². The number of hydrogen-bond acceptors (Lipinski definition) is 2. The zero-order chi connectivity index (χ0) is 13.4. The molecule has 0 unspecified atom stereocenters. The summed E-state index contributed by atoms with van der Waals surface area (Å²) in [5, 5.41) is 1.32. The topological polar surface area (TPSA) is 31.2 Å². The van der Waals surface area contributed by atoms with Crippen LogP contribution in [0.3, 0.4) is 0 Å². The van der Waals surface area contributed by atoms with Gasteiger partial charge in [-0.3, -0.25) is 4.79 Å². The number of esters is 1. The Morgan fingerprint density at radius 3 is 3.05 bits per heavy atom. The SMILES string of the molecule is COC(=O)CCn1c2c(c3c(Br)cccc31)CCC2. The predicted octanol–water partition coefficient (Wildman–Crippen LogP) is 3.46. The summed E-state index contributed by atoms with van der Waals surface area (Å²) in [6, 6.07) is 6.28. The first kappa shape index (κ1) is 12.7. The van der Waals surface area contributed by atoms with Crippen LogP contribution in [0, 0.1) is 0 Å². The van der Waals surface area contributed by atoms with Gasteiger partial charge in [-0.15, -0.1) is 0 Å². The van der Waals surface area contributed by atoms with Crippen molar-refractivity contribution >= 4 is 32.8 Å². The Morgan fingerprint density at radius 1 is 1.42 bits per heavy atom. The van der Waals surface area contributed by atoms with E-state index in [2.05, 4.69) is 38.7 Å². The minimum absolute atomic E-state index is 0.149. The van der Waals surface area contributed by atoms with E-state index >= 15 is 0 Å². The van der Waals surface area contributed by atoms with Crippen LogP contribution >= 0.6 is 15.9 Å². The van der Waals surface area contributed by atoms with E-state index in [1.807, 2.05) is 0 Å². The zero-order valence-corrected chi connectivity index (χ0v) is 12.5. The van der Waals surface area contributed by atoms with Crippen LogP contribution in [0.1, 0.15) is 24.1 Å². The van der Waals surface area contributed by atoms with Crippen LogP contribution in [-0.4, -0.2) is 17.6 Å². The Kier molecular flexibility index (Phi) is 3.35. The number of aryl methyl sites for hydroxylation is 2. The van der Waals surface area contributed by atoms with Crippen LogP contribution < -0.4 is 0 Å². The molecule has 1 heterocycles. The largest absolute Gasteiger partial charge is 0.469 e. The van der Waals surface area contributed by atoms with Crippen molar-refractivity contribution in [2.45, 2.75) is 32.2 Å². The molecule has 100 valence electrons. The van der Waals surface area contributed by atoms with Crippen LogP contribution in [0.15, 0.2) is 22.7 Å². The molecule has 0 fully saturated rings. The number of benzene rings is 1. The van der Waals surface area contributed by atoms with Crippen molar-refractivity contribution < 1.29 is 9.53 Å². The third-order valence-corrected chi connectivity index (χ3v) is 4.53. The number of methoxy groups -OCH3 is 1. The minimum atomic E-state index is -0.149. The normalized spacial score (nSPS) is 13.8. The average molecular weight is 322 g/mol. The maximum atomic E-state index is 11.4. The van der Waals surface area contributed by atoms with Gasteiger partial charge in [-0.25, -0.2) is 0 Å². The van der Waals surface area contributed by atoms with E-state index in [1.54, 1.807) is 0 Å². The number of carbonyl (C=O) groups excluding carboxylic acids is 1. The fraction of sp³-hybridized carbons (Fsp3) is 0.400. The highest BCUT2D eigenvalue weighted by Gasteiger charge is 2.22. The lowest BCUT2D eigenvalue weighted by molar-refractivity contribution is -0.140. The third-order valence-electron chi connectivity index (χ3n) is 3.87. The first-order valence-electron chi connectivity index (χ1n) is 6.57. The molecule has 1 aliphatic rings. The Bertz CT molecular complexity index is 645. The Balaban J connectivity index is 2.08. The molecule has 0 saturated carbocycles. The van der Waals surface area contributed by atoms with Crippen LogP contribution in [0.25, 0.3) is 10.9 Å². The van der Waals surface area contributed by atoms with Crippen LogP contribution in [-0.2, 0) is 28.9 Å². The summed E-state index contributed by atoms with van der Waals surface area (Å²) >= 11 is 3.65. The lowest BCUT2D eigenvalue weighted by Gasteiger charge is -2.08. The van der Waals surface area contributed by atoms with Gasteiger partial charge in [-0.05, 0) is 37.0 Å². The number of hydrogen-bond donors (Lipinski definition) is 0. The molecule has 2 aromatic rings. The highest BCUT2D eigenvalue weighted by Crippen LogP contribution is 2.37. The van der Waals surface area contributed by atoms with Gasteiger partial charge in [0.2, 0.25) is 0 Å². The lowest BCUT2D eigenvalue weighted by Crippen LogP contribution is -2.08. The van der Waals surface area contributed by atoms with Crippen molar-refractivity contribution in [1.29, 1.82) is 0 Å². The summed E-state index contributed by atoms with van der Waals surface area (Å²) in [7, 11) is 1.44. The zero-order valence-electron chi connectivity index (χ0n) is 10.9. The molecule has 0 atom stereocenters. The Hall–Kier alpha value is -1.29. The van der Waals surface area contributed by atoms with Crippen LogP contribution in [0.2, 0.25) is 0 Å². The molecular formula is C15H16BrNO2. The monoisotopic (exact) mass is 321 g/mol. The van der Waals surface area contributed by atoms with E-state index in [0.717, 1.165) is 17.3 Å². The molecule has 0 aliphatic heterocycles. The first-order valence-corrected chi connectivity index (χ1v) is 7.37. The minimum Gasteiger partial charge on any atom is -0.469 e. The van der Waals surface area contributed by atoms with E-state index in [4.69, 9.17) is 4.74 Å². The number of fused-ring (bicyclic) bond motifs is 3. The summed E-state index contributed by atoms with van der Waals surface area (Å²) in [6.45, 7) is 0.703. The number of ether oxygens (including phenoxy) is 1. The molecule has 0 spiro atoms. The highest BCUT2D eigenvalue weighted by molar-refractivity contribution is 9.10. The summed E-state index contributed by atoms with van der Waals surface area (Å²) < 4.78 is 8.19. The van der Waals surface area contributed by atoms with Crippen molar-refractivity contribution in [3.63, 3.8) is 0 Å². The van der Waals surface area contributed by atoms with E-state index in [1.165, 1.54) is 35.7 Å². The molecule has 0 radical (unpaired) electrons. The molecule has 3 nitrogen and oxygen atoms in total. The van der Waals surface area contributed by atoms with Crippen molar-refractivity contribution in [3.05, 3.63) is 33.9 Å². The fourth-order valence-corrected chi connectivity index (χ4v) is 3.63. The van der Waals surface area contributed by atoms with Gasteiger partial charge < -0.3 is 9.30 Å². The summed E-state index contributed by atoms with van der Waals surface area (Å²) in [5.74, 6) is -0.149. The standard InChI is InChI=1S/C15H16BrNO2/c1-19-14(18)8-9-17-12-6-2-4-10(12)15-11(16)5-3-7-13(15)17/h3,5,7H,2,4,6,8-9H2,1H3. The van der Waals surface area contributed by atoms with Crippen LogP contribution in [0.5, 0.6) is 0 Å². The first-order chi connectivity index (χ1) is 9.22. The third kappa shape index (κ3) is 2.08. The predicted molar refractivity (Wildman–Crippen MR) is 78.3 cm³/mol. The summed E-state index contributed by atoms with van der Waals surface area (Å²) in [4.78, 5) is 11.4. The number of aromatic nitrogens is 1. The van der Waals surface area contributed by atoms with Gasteiger partial charge in [-0.2, -0.15) is 0 Å². The van der Waals surface area contributed by atoms with E-state index < -0.39 is 0 Å². The van der Waals surface area contributed by atoms with E-state index in [0.29, 0.717) is 13.0 Å². The summed E-state index contributed by atoms with van der Waals surface area (Å²) in [5.41, 5.74) is 4.07. The lowest BCUT2D eigenvalue weighted by atomic mass is 10.1. The van der Waals surface area contributed by atoms with Gasteiger partial charge in [0.1, 0.15) is 0 Å². The molecule has 4 heteroatoms. The maximum absolute atomic E-state index is 11.4. The molecule has 0 saturated heterocycles. The van der Waals surface area contributed by atoms with Gasteiger partial charge in [0.05, 0.1) is 13.5 Å². The second-order valence-corrected chi connectivity index (χ2v) is 5.74. The molecule has 19 heavy (non-hydrogen) atoms. The van der Waals surface area contributed by atoms with Gasteiger partial charge in [0, 0.05) is 27.6 Å². The van der Waals surface area contributed by atoms with E-state index in [-0.39, 0.29) is 5.97 Å². The molecule has 3 rings (SSSR count). The van der Waals surface area contributed by atoms with Gasteiger partial charge in [0.15, 0.2) is 0 Å². The number of nitrogens with zero attached hydrogens (tertiary/aromatic N) is 1. The van der Waals surface area contributed by atoms with Crippen molar-refractivity contribution in [3.8, 4) is 0 Å². The van der Waals surface area contributed by atoms with Crippen molar-refractivity contribution in [2.24, 2.45) is 0 Å². The summed E-state index contributed by atoms with van der Waals surface area (Å²) in [6.07, 6.45) is 3.89. The molecule has 0 N–H and O–H groups in total. The van der Waals surface area contributed by atoms with Crippen molar-refractivity contribution in [2.75, 3.05) is 7.11 Å². The van der Waals surface area contributed by atoms with Gasteiger partial charge in [0.25, 0.3) is 0 Å². The molecule has 1 aliphatic carbocycles. The number of rotatable bonds is 3. The second-order valence-electron chi connectivity index (χ2n) is 4.89. The smallest absolute Gasteiger partial charge is 0.307 e. The number of halogens is 1. The number of carbonyl (C=O) groups is 1. The van der Waals surface area contributed by atoms with E-state index in [9.17, 15) is 4.79 Å². The molecule has 1 aromatic carbocycles. The second kappa shape index (κ2) is 5.00. The van der Waals surface area contributed by atoms with Crippen molar-refractivity contribution in [1.82, 2.24) is 4.57 Å². The average Bonchev–Trinajstić information content (AvgIpc) is 2.97. The Morgan fingerprint density at radius 2 is 2.26 bits per heavy atom. The molecule has 0 bridgehead atoms. The Labute approximate surface area is 120 Å². The molecule has 1 aromatic heterocycles. The fourth-order valence-electron chi connectivity index (χ4n) is 3.04. The van der Waals surface area contributed by atoms with Crippen LogP contribution in [0.4, 0.5) is 0 Å². The highest BCUT2D eigenvalue weighted by atomic mass is 79.9. The molecule has 0 amide bonds. The molecular weight excluding hydrogens is 306 g/mol.